The molecule has 152 valence electrons. The maximum absolute atomic E-state index is 12.1. The van der Waals surface area contributed by atoms with Gasteiger partial charge in [-0.3, -0.25) is 4.79 Å². The van der Waals surface area contributed by atoms with Gasteiger partial charge in [-0.15, -0.1) is 0 Å². The van der Waals surface area contributed by atoms with Crippen molar-refractivity contribution in [2.24, 2.45) is 5.92 Å². The molecule has 1 aliphatic rings. The number of furan rings is 1. The number of rotatable bonds is 9. The van der Waals surface area contributed by atoms with E-state index in [0.717, 1.165) is 54.9 Å². The van der Waals surface area contributed by atoms with Crippen molar-refractivity contribution in [1.29, 1.82) is 0 Å². The van der Waals surface area contributed by atoms with Crippen molar-refractivity contribution in [2.75, 3.05) is 13.7 Å². The first-order valence-corrected chi connectivity index (χ1v) is 10.3. The van der Waals surface area contributed by atoms with Crippen LogP contribution in [0.15, 0.2) is 40.8 Å². The standard InChI is InChI=1S/C23H31NO4/c1-27-19-10-8-18(9-11-19)22-14-12-20(28-22)13-15-23(26)24-16-4-6-17-5-2-3-7-21(17)25/h8-12,14,17,21,25H,2-7,13,15-16H2,1H3,(H,24,26)/t17-,21+/m0/s1. The van der Waals surface area contributed by atoms with Gasteiger partial charge in [0.15, 0.2) is 0 Å². The Morgan fingerprint density at radius 2 is 1.96 bits per heavy atom. The first-order chi connectivity index (χ1) is 13.7. The van der Waals surface area contributed by atoms with Crippen molar-refractivity contribution in [2.45, 2.75) is 57.5 Å². The van der Waals surface area contributed by atoms with E-state index in [9.17, 15) is 9.90 Å². The Morgan fingerprint density at radius 3 is 2.71 bits per heavy atom. The Morgan fingerprint density at radius 1 is 1.18 bits per heavy atom. The number of aryl methyl sites for hydroxylation is 1. The fourth-order valence-corrected chi connectivity index (χ4v) is 3.86. The second-order valence-corrected chi connectivity index (χ2v) is 7.60. The molecule has 2 aromatic rings. The van der Waals surface area contributed by atoms with E-state index in [2.05, 4.69) is 5.32 Å². The van der Waals surface area contributed by atoms with Crippen molar-refractivity contribution in [3.8, 4) is 17.1 Å². The molecule has 1 saturated carbocycles. The number of carbonyl (C=O) groups excluding carboxylic acids is 1. The summed E-state index contributed by atoms with van der Waals surface area (Å²) in [5.74, 6) is 2.87. The first kappa shape index (κ1) is 20.5. The van der Waals surface area contributed by atoms with Crippen molar-refractivity contribution < 1.29 is 19.1 Å². The van der Waals surface area contributed by atoms with Crippen LogP contribution in [0, 0.1) is 5.92 Å². The van der Waals surface area contributed by atoms with Gasteiger partial charge in [0.25, 0.3) is 0 Å². The van der Waals surface area contributed by atoms with Crippen molar-refractivity contribution >= 4 is 5.91 Å². The van der Waals surface area contributed by atoms with Crippen LogP contribution in [0.3, 0.4) is 0 Å². The van der Waals surface area contributed by atoms with Crippen molar-refractivity contribution in [1.82, 2.24) is 5.32 Å². The maximum atomic E-state index is 12.1. The van der Waals surface area contributed by atoms with Crippen LogP contribution in [0.1, 0.15) is 50.7 Å². The molecule has 0 saturated heterocycles. The molecule has 1 fully saturated rings. The topological polar surface area (TPSA) is 71.7 Å². The largest absolute Gasteiger partial charge is 0.497 e. The van der Waals surface area contributed by atoms with Crippen LogP contribution >= 0.6 is 0 Å². The molecule has 0 aliphatic heterocycles. The average Bonchev–Trinajstić information content (AvgIpc) is 3.20. The maximum Gasteiger partial charge on any atom is 0.220 e. The fraction of sp³-hybridized carbons (Fsp3) is 0.522. The van der Waals surface area contributed by atoms with Gasteiger partial charge in [-0.05, 0) is 68.0 Å². The van der Waals surface area contributed by atoms with E-state index < -0.39 is 0 Å². The lowest BCUT2D eigenvalue weighted by Gasteiger charge is -2.27. The van der Waals surface area contributed by atoms with Crippen LogP contribution < -0.4 is 10.1 Å². The van der Waals surface area contributed by atoms with Gasteiger partial charge in [-0.1, -0.05) is 12.8 Å². The van der Waals surface area contributed by atoms with Gasteiger partial charge in [-0.25, -0.2) is 0 Å². The number of carbonyl (C=O) groups is 1. The molecule has 1 amide bonds. The molecular weight excluding hydrogens is 354 g/mol. The second kappa shape index (κ2) is 10.3. The molecule has 0 radical (unpaired) electrons. The quantitative estimate of drug-likeness (QED) is 0.630. The molecule has 2 N–H and O–H groups in total. The van der Waals surface area contributed by atoms with Gasteiger partial charge in [0.1, 0.15) is 17.3 Å². The minimum absolute atomic E-state index is 0.0478. The number of methoxy groups -OCH3 is 1. The number of benzene rings is 1. The molecule has 1 aromatic heterocycles. The summed E-state index contributed by atoms with van der Waals surface area (Å²) < 4.78 is 11.0. The van der Waals surface area contributed by atoms with Gasteiger partial charge in [-0.2, -0.15) is 0 Å². The minimum atomic E-state index is -0.150. The normalized spacial score (nSPS) is 19.4. The lowest BCUT2D eigenvalue weighted by Crippen LogP contribution is -2.28. The molecule has 0 spiro atoms. The van der Waals surface area contributed by atoms with E-state index in [1.807, 2.05) is 36.4 Å². The molecule has 5 nitrogen and oxygen atoms in total. The highest BCUT2D eigenvalue weighted by Gasteiger charge is 2.22. The van der Waals surface area contributed by atoms with Crippen molar-refractivity contribution in [3.05, 3.63) is 42.2 Å². The number of aliphatic hydroxyl groups is 1. The van der Waals surface area contributed by atoms with E-state index in [4.69, 9.17) is 9.15 Å². The average molecular weight is 386 g/mol. The Kier molecular flexibility index (Phi) is 7.54. The molecule has 1 aromatic carbocycles. The fourth-order valence-electron chi connectivity index (χ4n) is 3.86. The summed E-state index contributed by atoms with van der Waals surface area (Å²) in [7, 11) is 1.64. The van der Waals surface area contributed by atoms with E-state index in [0.29, 0.717) is 25.3 Å². The Hall–Kier alpha value is -2.27. The van der Waals surface area contributed by atoms with Gasteiger partial charge in [0.05, 0.1) is 13.2 Å². The van der Waals surface area contributed by atoms with Crippen LogP contribution in [0.2, 0.25) is 0 Å². The third-order valence-electron chi connectivity index (χ3n) is 5.58. The third-order valence-corrected chi connectivity index (χ3v) is 5.58. The van der Waals surface area contributed by atoms with Gasteiger partial charge in [0.2, 0.25) is 5.91 Å². The lowest BCUT2D eigenvalue weighted by atomic mass is 9.83. The summed E-state index contributed by atoms with van der Waals surface area (Å²) in [5, 5.41) is 13.0. The molecule has 0 bridgehead atoms. The molecule has 5 heteroatoms. The van der Waals surface area contributed by atoms with Crippen LogP contribution in [0.4, 0.5) is 0 Å². The van der Waals surface area contributed by atoms with Gasteiger partial charge < -0.3 is 19.6 Å². The predicted molar refractivity (Wildman–Crippen MR) is 109 cm³/mol. The zero-order chi connectivity index (χ0) is 19.8. The number of amides is 1. The summed E-state index contributed by atoms with van der Waals surface area (Å²) >= 11 is 0. The van der Waals surface area contributed by atoms with Crippen LogP contribution in [0.25, 0.3) is 11.3 Å². The Balaban J connectivity index is 1.36. The zero-order valence-electron chi connectivity index (χ0n) is 16.7. The highest BCUT2D eigenvalue weighted by molar-refractivity contribution is 5.76. The highest BCUT2D eigenvalue weighted by atomic mass is 16.5. The van der Waals surface area contributed by atoms with Crippen LogP contribution in [-0.4, -0.2) is 30.8 Å². The number of aliphatic hydroxyl groups excluding tert-OH is 1. The highest BCUT2D eigenvalue weighted by Crippen LogP contribution is 2.28. The van der Waals surface area contributed by atoms with Gasteiger partial charge in [0, 0.05) is 24.9 Å². The monoisotopic (exact) mass is 385 g/mol. The number of nitrogens with one attached hydrogen (secondary N) is 1. The van der Waals surface area contributed by atoms with E-state index in [1.165, 1.54) is 6.42 Å². The molecule has 1 aliphatic carbocycles. The summed E-state index contributed by atoms with van der Waals surface area (Å²) in [6.07, 6.45) is 7.18. The summed E-state index contributed by atoms with van der Waals surface area (Å²) in [6, 6.07) is 11.6. The molecule has 2 atom stereocenters. The van der Waals surface area contributed by atoms with E-state index >= 15 is 0 Å². The number of hydrogen-bond donors (Lipinski definition) is 2. The molecule has 28 heavy (non-hydrogen) atoms. The molecule has 1 heterocycles. The summed E-state index contributed by atoms with van der Waals surface area (Å²) in [5.41, 5.74) is 0.987. The second-order valence-electron chi connectivity index (χ2n) is 7.60. The molecule has 0 unspecified atom stereocenters. The molecular formula is C23H31NO4. The van der Waals surface area contributed by atoms with E-state index in [-0.39, 0.29) is 12.0 Å². The lowest BCUT2D eigenvalue weighted by molar-refractivity contribution is -0.121. The number of ether oxygens (including phenoxy) is 1. The summed E-state index contributed by atoms with van der Waals surface area (Å²) in [6.45, 7) is 0.678. The number of hydrogen-bond acceptors (Lipinski definition) is 4. The smallest absolute Gasteiger partial charge is 0.220 e. The first-order valence-electron chi connectivity index (χ1n) is 10.3. The summed E-state index contributed by atoms with van der Waals surface area (Å²) in [4.78, 5) is 12.1. The SMILES string of the molecule is COc1ccc(-c2ccc(CCC(=O)NCCC[C@@H]3CCCC[C@H]3O)o2)cc1. The minimum Gasteiger partial charge on any atom is -0.497 e. The Labute approximate surface area is 167 Å². The third kappa shape index (κ3) is 5.86. The van der Waals surface area contributed by atoms with Gasteiger partial charge >= 0.3 is 0 Å². The Bertz CT molecular complexity index is 737. The van der Waals surface area contributed by atoms with Crippen molar-refractivity contribution in [3.63, 3.8) is 0 Å². The van der Waals surface area contributed by atoms with Crippen LogP contribution in [-0.2, 0) is 11.2 Å². The van der Waals surface area contributed by atoms with Crippen LogP contribution in [0.5, 0.6) is 5.75 Å². The zero-order valence-corrected chi connectivity index (χ0v) is 16.7. The predicted octanol–water partition coefficient (Wildman–Crippen LogP) is 4.34. The molecule has 3 rings (SSSR count). The van der Waals surface area contributed by atoms with E-state index in [1.54, 1.807) is 7.11 Å².